The lowest BCUT2D eigenvalue weighted by atomic mass is 10.0. The summed E-state index contributed by atoms with van der Waals surface area (Å²) in [6.45, 7) is 0. The minimum Gasteiger partial charge on any atom is -0.223 e. The van der Waals surface area contributed by atoms with Crippen molar-refractivity contribution in [1.29, 1.82) is 0 Å². The van der Waals surface area contributed by atoms with Crippen LogP contribution >= 0.6 is 50.7 Å². The summed E-state index contributed by atoms with van der Waals surface area (Å²) in [5, 5.41) is -11.7. The molecule has 0 bridgehead atoms. The fraction of sp³-hybridized carbons (Fsp3) is 1.00. The third kappa shape index (κ3) is 2.87. The fourth-order valence-corrected chi connectivity index (χ4v) is 1.58. The van der Waals surface area contributed by atoms with E-state index in [4.69, 9.17) is 0 Å². The number of alkyl halides is 13. The number of hydrogen-bond donors (Lipinski definition) is 0. The van der Waals surface area contributed by atoms with Crippen LogP contribution in [-0.4, -0.2) is 32.6 Å². The highest BCUT2D eigenvalue weighted by Gasteiger charge is 2.84. The van der Waals surface area contributed by atoms with Crippen molar-refractivity contribution in [3.8, 4) is 0 Å². The quantitative estimate of drug-likeness (QED) is 0.394. The minimum absolute atomic E-state index is 1.01. The van der Waals surface area contributed by atoms with E-state index in [-0.39, 0.29) is 0 Å². The molecule has 0 aromatic heterocycles. The molecule has 3 unspecified atom stereocenters. The van der Waals surface area contributed by atoms with Crippen LogP contribution in [0, 0.1) is 0 Å². The SMILES string of the molecule is FC(Cl)C(F)(F)C(F)(Cl)C(F)(F)C(F)(Cl)C(F)(F)Br. The first kappa shape index (κ1) is 19.7. The molecule has 0 radical (unpaired) electrons. The molecule has 0 saturated carbocycles. The Morgan fingerprint density at radius 1 is 0.789 bits per heavy atom. The summed E-state index contributed by atoms with van der Waals surface area (Å²) in [6.07, 6.45) is 0. The molecule has 0 spiro atoms. The summed E-state index contributed by atoms with van der Waals surface area (Å²) in [7, 11) is 0. The van der Waals surface area contributed by atoms with Crippen LogP contribution in [0.1, 0.15) is 0 Å². The average molecular weight is 430 g/mol. The van der Waals surface area contributed by atoms with Crippen LogP contribution in [-0.2, 0) is 0 Å². The molecule has 3 atom stereocenters. The Bertz CT molecular complexity index is 337. The summed E-state index contributed by atoms with van der Waals surface area (Å²) in [4.78, 5) is -5.37. The van der Waals surface area contributed by atoms with Gasteiger partial charge in [0.05, 0.1) is 0 Å². The molecule has 19 heavy (non-hydrogen) atoms. The van der Waals surface area contributed by atoms with E-state index in [1.807, 2.05) is 0 Å². The molecular weight excluding hydrogens is 429 g/mol. The maximum Gasteiger partial charge on any atom is 0.355 e. The van der Waals surface area contributed by atoms with Crippen LogP contribution in [0.3, 0.4) is 0 Å². The van der Waals surface area contributed by atoms with Gasteiger partial charge < -0.3 is 0 Å². The third-order valence-corrected chi connectivity index (χ3v) is 3.85. The fourth-order valence-electron chi connectivity index (χ4n) is 0.722. The predicted octanol–water partition coefficient (Wildman–Crippen LogP) is 5.59. The van der Waals surface area contributed by atoms with Gasteiger partial charge in [0.15, 0.2) is 0 Å². The van der Waals surface area contributed by atoms with Gasteiger partial charge >= 0.3 is 26.9 Å². The standard InChI is InChI=1S/C6HBrCl3F9/c7-6(18,19)4(10,15)5(16,17)3(9,14)2(12,13)1(8)11/h1H. The molecule has 0 heterocycles. The van der Waals surface area contributed by atoms with Crippen molar-refractivity contribution in [2.75, 3.05) is 0 Å². The van der Waals surface area contributed by atoms with Gasteiger partial charge in [-0.2, -0.15) is 26.3 Å². The Morgan fingerprint density at radius 2 is 1.11 bits per heavy atom. The smallest absolute Gasteiger partial charge is 0.223 e. The van der Waals surface area contributed by atoms with Crippen molar-refractivity contribution in [3.63, 3.8) is 0 Å². The number of halogens is 13. The van der Waals surface area contributed by atoms with E-state index in [0.717, 1.165) is 15.9 Å². The normalized spacial score (nSPS) is 22.6. The Morgan fingerprint density at radius 3 is 1.32 bits per heavy atom. The highest BCUT2D eigenvalue weighted by Crippen LogP contribution is 2.61. The molecule has 0 amide bonds. The van der Waals surface area contributed by atoms with Gasteiger partial charge in [-0.3, -0.25) is 0 Å². The lowest BCUT2D eigenvalue weighted by molar-refractivity contribution is -0.269. The van der Waals surface area contributed by atoms with E-state index >= 15 is 0 Å². The predicted molar refractivity (Wildman–Crippen MR) is 53.9 cm³/mol. The van der Waals surface area contributed by atoms with Crippen LogP contribution in [0.2, 0.25) is 0 Å². The molecule has 0 aliphatic rings. The maximum atomic E-state index is 13.2. The summed E-state index contributed by atoms with van der Waals surface area (Å²) in [5.41, 5.74) is -4.16. The lowest BCUT2D eigenvalue weighted by Crippen LogP contribution is -2.66. The molecule has 0 nitrogen and oxygen atoms in total. The van der Waals surface area contributed by atoms with Crippen molar-refractivity contribution in [3.05, 3.63) is 0 Å². The van der Waals surface area contributed by atoms with E-state index in [1.54, 1.807) is 0 Å². The van der Waals surface area contributed by atoms with E-state index in [1.165, 1.54) is 0 Å². The molecule has 116 valence electrons. The van der Waals surface area contributed by atoms with Gasteiger partial charge in [-0.15, -0.1) is 0 Å². The second kappa shape index (κ2) is 5.17. The van der Waals surface area contributed by atoms with Gasteiger partial charge in [0.1, 0.15) is 0 Å². The van der Waals surface area contributed by atoms with E-state index in [2.05, 4.69) is 34.8 Å². The molecule has 0 aromatic carbocycles. The zero-order valence-corrected chi connectivity index (χ0v) is 11.8. The maximum absolute atomic E-state index is 13.2. The largest absolute Gasteiger partial charge is 0.355 e. The van der Waals surface area contributed by atoms with Crippen molar-refractivity contribution in [2.24, 2.45) is 0 Å². The van der Waals surface area contributed by atoms with Crippen LogP contribution < -0.4 is 0 Å². The molecule has 0 saturated heterocycles. The third-order valence-electron chi connectivity index (χ3n) is 1.84. The first-order valence-electron chi connectivity index (χ1n) is 3.80. The zero-order valence-electron chi connectivity index (χ0n) is 7.99. The Balaban J connectivity index is 5.92. The van der Waals surface area contributed by atoms with Crippen molar-refractivity contribution in [1.82, 2.24) is 0 Å². The summed E-state index contributed by atoms with van der Waals surface area (Å²) in [6, 6.07) is 0. The van der Waals surface area contributed by atoms with Crippen molar-refractivity contribution in [2.45, 2.75) is 32.6 Å². The average Bonchev–Trinajstić information content (AvgIpc) is 2.14. The monoisotopic (exact) mass is 428 g/mol. The topological polar surface area (TPSA) is 0 Å². The Hall–Kier alpha value is 0.720. The first-order chi connectivity index (χ1) is 7.94. The highest BCUT2D eigenvalue weighted by molar-refractivity contribution is 9.10. The molecule has 0 aromatic rings. The number of rotatable bonds is 5. The van der Waals surface area contributed by atoms with Crippen LogP contribution in [0.25, 0.3) is 0 Å². The molecule has 13 heteroatoms. The number of hydrogen-bond acceptors (Lipinski definition) is 0. The second-order valence-corrected chi connectivity index (χ2v) is 5.57. The molecule has 0 N–H and O–H groups in total. The molecular formula is C6HBrCl3F9. The Kier molecular flexibility index (Phi) is 5.37. The zero-order chi connectivity index (χ0) is 16.1. The van der Waals surface area contributed by atoms with E-state index in [9.17, 15) is 39.5 Å². The van der Waals surface area contributed by atoms with Gasteiger partial charge in [0.2, 0.25) is 5.63 Å². The summed E-state index contributed by atoms with van der Waals surface area (Å²) >= 11 is 13.2. The van der Waals surface area contributed by atoms with Crippen LogP contribution in [0.5, 0.6) is 0 Å². The van der Waals surface area contributed by atoms with Crippen molar-refractivity contribution >= 4 is 50.7 Å². The van der Waals surface area contributed by atoms with Gasteiger partial charge in [-0.25, -0.2) is 13.2 Å². The van der Waals surface area contributed by atoms with E-state index < -0.39 is 32.6 Å². The molecule has 0 fully saturated rings. The minimum atomic E-state index is -6.43. The molecule has 0 rings (SSSR count). The summed E-state index contributed by atoms with van der Waals surface area (Å²) in [5.74, 6) is -12.4. The second-order valence-electron chi connectivity index (χ2n) is 3.14. The molecule has 0 aliphatic carbocycles. The molecule has 0 aliphatic heterocycles. The first-order valence-corrected chi connectivity index (χ1v) is 5.79. The van der Waals surface area contributed by atoms with Gasteiger partial charge in [-0.05, 0) is 15.9 Å². The van der Waals surface area contributed by atoms with Crippen LogP contribution in [0.4, 0.5) is 39.5 Å². The van der Waals surface area contributed by atoms with E-state index in [0.29, 0.717) is 0 Å². The summed E-state index contributed by atoms with van der Waals surface area (Å²) < 4.78 is 115. The Labute approximate surface area is 123 Å². The van der Waals surface area contributed by atoms with Gasteiger partial charge in [-0.1, -0.05) is 34.8 Å². The van der Waals surface area contributed by atoms with Crippen molar-refractivity contribution < 1.29 is 39.5 Å². The van der Waals surface area contributed by atoms with Crippen LogP contribution in [0.15, 0.2) is 0 Å². The highest BCUT2D eigenvalue weighted by atomic mass is 79.9. The lowest BCUT2D eigenvalue weighted by Gasteiger charge is -2.40. The van der Waals surface area contributed by atoms with Gasteiger partial charge in [0, 0.05) is 0 Å². The van der Waals surface area contributed by atoms with Gasteiger partial charge in [0.25, 0.3) is 0 Å².